The molecular weight excluding hydrogens is 190 g/mol. The van der Waals surface area contributed by atoms with Gasteiger partial charge in [-0.05, 0) is 18.5 Å². The highest BCUT2D eigenvalue weighted by Crippen LogP contribution is 1.98. The molecule has 0 aliphatic heterocycles. The van der Waals surface area contributed by atoms with E-state index in [0.29, 0.717) is 6.61 Å². The summed E-state index contributed by atoms with van der Waals surface area (Å²) in [5, 5.41) is 12.3. The molecule has 1 aromatic rings. The molecule has 1 rings (SSSR count). The highest BCUT2D eigenvalue weighted by molar-refractivity contribution is 5.14. The van der Waals surface area contributed by atoms with Crippen LogP contribution in [-0.2, 0) is 11.2 Å². The van der Waals surface area contributed by atoms with Crippen LogP contribution in [-0.4, -0.2) is 38.0 Å². The Morgan fingerprint density at radius 1 is 1.33 bits per heavy atom. The van der Waals surface area contributed by atoms with E-state index in [4.69, 9.17) is 9.84 Å². The Morgan fingerprint density at radius 2 is 2.07 bits per heavy atom. The third-order valence-corrected chi connectivity index (χ3v) is 2.28. The van der Waals surface area contributed by atoms with Gasteiger partial charge in [-0.25, -0.2) is 0 Å². The fraction of sp³-hybridized carbons (Fsp3) is 0.500. The maximum absolute atomic E-state index is 9.01. The molecule has 3 heteroatoms. The Hall–Kier alpha value is -0.900. The lowest BCUT2D eigenvalue weighted by atomic mass is 10.1. The summed E-state index contributed by atoms with van der Waals surface area (Å²) >= 11 is 0. The minimum atomic E-state index is 0.0405. The van der Waals surface area contributed by atoms with Crippen molar-refractivity contribution in [3.63, 3.8) is 0 Å². The summed E-state index contributed by atoms with van der Waals surface area (Å²) in [7, 11) is 1.64. The quantitative estimate of drug-likeness (QED) is 0.699. The molecular formula is C12H19NO2. The van der Waals surface area contributed by atoms with Crippen LogP contribution < -0.4 is 5.32 Å². The van der Waals surface area contributed by atoms with Gasteiger partial charge in [-0.15, -0.1) is 0 Å². The van der Waals surface area contributed by atoms with Crippen molar-refractivity contribution in [3.8, 4) is 0 Å². The van der Waals surface area contributed by atoms with E-state index < -0.39 is 0 Å². The van der Waals surface area contributed by atoms with Crippen LogP contribution in [0.4, 0.5) is 0 Å². The molecule has 0 aliphatic carbocycles. The van der Waals surface area contributed by atoms with E-state index in [1.165, 1.54) is 5.56 Å². The van der Waals surface area contributed by atoms with Gasteiger partial charge in [0.25, 0.3) is 0 Å². The SMILES string of the molecule is COCC(CO)NCCc1ccccc1. The number of aliphatic hydroxyl groups is 1. The van der Waals surface area contributed by atoms with Crippen molar-refractivity contribution in [2.75, 3.05) is 26.9 Å². The number of methoxy groups -OCH3 is 1. The molecule has 0 aromatic heterocycles. The molecule has 3 nitrogen and oxygen atoms in total. The normalized spacial score (nSPS) is 12.7. The molecule has 0 saturated carbocycles. The summed E-state index contributed by atoms with van der Waals surface area (Å²) in [4.78, 5) is 0. The predicted octanol–water partition coefficient (Wildman–Crippen LogP) is 0.826. The summed E-state index contributed by atoms with van der Waals surface area (Å²) in [5.74, 6) is 0. The van der Waals surface area contributed by atoms with Crippen LogP contribution >= 0.6 is 0 Å². The average molecular weight is 209 g/mol. The molecule has 0 amide bonds. The van der Waals surface area contributed by atoms with Gasteiger partial charge in [0.05, 0.1) is 19.3 Å². The van der Waals surface area contributed by atoms with Crippen LogP contribution in [0, 0.1) is 0 Å². The Labute approximate surface area is 91.1 Å². The zero-order valence-electron chi connectivity index (χ0n) is 9.15. The number of hydrogen-bond donors (Lipinski definition) is 2. The van der Waals surface area contributed by atoms with Crippen LogP contribution in [0.15, 0.2) is 30.3 Å². The average Bonchev–Trinajstić information content (AvgIpc) is 2.29. The Morgan fingerprint density at radius 3 is 2.67 bits per heavy atom. The highest BCUT2D eigenvalue weighted by atomic mass is 16.5. The van der Waals surface area contributed by atoms with Crippen LogP contribution in [0.2, 0.25) is 0 Å². The molecule has 1 aromatic carbocycles. The number of aliphatic hydroxyl groups excluding tert-OH is 1. The van der Waals surface area contributed by atoms with E-state index in [2.05, 4.69) is 17.4 Å². The van der Waals surface area contributed by atoms with Crippen molar-refractivity contribution in [2.24, 2.45) is 0 Å². The van der Waals surface area contributed by atoms with E-state index >= 15 is 0 Å². The summed E-state index contributed by atoms with van der Waals surface area (Å²) in [6.07, 6.45) is 0.973. The lowest BCUT2D eigenvalue weighted by Crippen LogP contribution is -2.37. The number of ether oxygens (including phenoxy) is 1. The zero-order chi connectivity index (χ0) is 10.9. The van der Waals surface area contributed by atoms with Crippen molar-refractivity contribution in [1.29, 1.82) is 0 Å². The van der Waals surface area contributed by atoms with Gasteiger partial charge in [0, 0.05) is 7.11 Å². The second kappa shape index (κ2) is 7.40. The standard InChI is InChI=1S/C12H19NO2/c1-15-10-12(9-14)13-8-7-11-5-3-2-4-6-11/h2-6,12-14H,7-10H2,1H3. The predicted molar refractivity (Wildman–Crippen MR) is 60.9 cm³/mol. The van der Waals surface area contributed by atoms with Gasteiger partial charge in [0.15, 0.2) is 0 Å². The molecule has 15 heavy (non-hydrogen) atoms. The first-order valence-electron chi connectivity index (χ1n) is 5.24. The third kappa shape index (κ3) is 4.93. The molecule has 1 unspecified atom stereocenters. The Kier molecular flexibility index (Phi) is 6.00. The zero-order valence-corrected chi connectivity index (χ0v) is 9.15. The van der Waals surface area contributed by atoms with Crippen LogP contribution in [0.3, 0.4) is 0 Å². The summed E-state index contributed by atoms with van der Waals surface area (Å²) in [6.45, 7) is 1.52. The van der Waals surface area contributed by atoms with E-state index in [1.54, 1.807) is 7.11 Å². The fourth-order valence-corrected chi connectivity index (χ4v) is 1.44. The van der Waals surface area contributed by atoms with E-state index in [0.717, 1.165) is 13.0 Å². The minimum Gasteiger partial charge on any atom is -0.395 e. The monoisotopic (exact) mass is 209 g/mol. The number of nitrogens with one attached hydrogen (secondary N) is 1. The Balaban J connectivity index is 2.20. The molecule has 0 radical (unpaired) electrons. The highest BCUT2D eigenvalue weighted by Gasteiger charge is 2.04. The summed E-state index contributed by atoms with van der Waals surface area (Å²) < 4.78 is 4.98. The van der Waals surface area contributed by atoms with Gasteiger partial charge in [0.2, 0.25) is 0 Å². The number of rotatable bonds is 7. The van der Waals surface area contributed by atoms with Crippen molar-refractivity contribution < 1.29 is 9.84 Å². The number of benzene rings is 1. The van der Waals surface area contributed by atoms with E-state index in [9.17, 15) is 0 Å². The second-order valence-corrected chi connectivity index (χ2v) is 3.52. The third-order valence-electron chi connectivity index (χ3n) is 2.28. The smallest absolute Gasteiger partial charge is 0.0638 e. The Bertz CT molecular complexity index is 251. The molecule has 0 fully saturated rings. The van der Waals surface area contributed by atoms with Crippen molar-refractivity contribution in [1.82, 2.24) is 5.32 Å². The molecule has 0 heterocycles. The van der Waals surface area contributed by atoms with E-state index in [1.807, 2.05) is 18.2 Å². The van der Waals surface area contributed by atoms with Gasteiger partial charge in [-0.3, -0.25) is 0 Å². The first kappa shape index (κ1) is 12.2. The maximum atomic E-state index is 9.01. The molecule has 1 atom stereocenters. The molecule has 0 saturated heterocycles. The largest absolute Gasteiger partial charge is 0.395 e. The first-order valence-corrected chi connectivity index (χ1v) is 5.24. The van der Waals surface area contributed by atoms with Crippen LogP contribution in [0.25, 0.3) is 0 Å². The van der Waals surface area contributed by atoms with Gasteiger partial charge in [-0.1, -0.05) is 30.3 Å². The second-order valence-electron chi connectivity index (χ2n) is 3.52. The lowest BCUT2D eigenvalue weighted by molar-refractivity contribution is 0.129. The number of hydrogen-bond acceptors (Lipinski definition) is 3. The van der Waals surface area contributed by atoms with Crippen molar-refractivity contribution in [2.45, 2.75) is 12.5 Å². The van der Waals surface area contributed by atoms with Crippen LogP contribution in [0.1, 0.15) is 5.56 Å². The molecule has 84 valence electrons. The summed E-state index contributed by atoms with van der Waals surface area (Å²) in [6, 6.07) is 10.3. The fourth-order valence-electron chi connectivity index (χ4n) is 1.44. The molecule has 0 bridgehead atoms. The van der Waals surface area contributed by atoms with Gasteiger partial charge >= 0.3 is 0 Å². The van der Waals surface area contributed by atoms with E-state index in [-0.39, 0.29) is 12.6 Å². The molecule has 0 spiro atoms. The topological polar surface area (TPSA) is 41.5 Å². The summed E-state index contributed by atoms with van der Waals surface area (Å²) in [5.41, 5.74) is 1.30. The van der Waals surface area contributed by atoms with Crippen molar-refractivity contribution in [3.05, 3.63) is 35.9 Å². The first-order chi connectivity index (χ1) is 7.36. The minimum absolute atomic E-state index is 0.0405. The molecule has 0 aliphatic rings. The van der Waals surface area contributed by atoms with Gasteiger partial charge < -0.3 is 15.2 Å². The van der Waals surface area contributed by atoms with Crippen LogP contribution in [0.5, 0.6) is 0 Å². The van der Waals surface area contributed by atoms with Gasteiger partial charge in [0.1, 0.15) is 0 Å². The lowest BCUT2D eigenvalue weighted by Gasteiger charge is -2.14. The van der Waals surface area contributed by atoms with Crippen molar-refractivity contribution >= 4 is 0 Å². The molecule has 2 N–H and O–H groups in total. The van der Waals surface area contributed by atoms with Gasteiger partial charge in [-0.2, -0.15) is 0 Å². The maximum Gasteiger partial charge on any atom is 0.0638 e.